The van der Waals surface area contributed by atoms with Gasteiger partial charge in [0.05, 0.1) is 26.9 Å². The zero-order valence-electron chi connectivity index (χ0n) is 22.0. The van der Waals surface area contributed by atoms with Gasteiger partial charge >= 0.3 is 0 Å². The molecule has 2 atom stereocenters. The highest BCUT2D eigenvalue weighted by Gasteiger charge is 2.40. The molecule has 1 heterocycles. The molecule has 1 amide bonds. The lowest BCUT2D eigenvalue weighted by Crippen LogP contribution is -2.46. The van der Waals surface area contributed by atoms with Gasteiger partial charge in [-0.1, -0.05) is 54.6 Å². The second kappa shape index (κ2) is 11.8. The summed E-state index contributed by atoms with van der Waals surface area (Å²) in [6, 6.07) is 25.2. The molecular weight excluding hydrogens is 468 g/mol. The third kappa shape index (κ3) is 5.64. The number of ether oxygens (including phenoxy) is 3. The molecule has 1 saturated heterocycles. The van der Waals surface area contributed by atoms with Gasteiger partial charge in [-0.15, -0.1) is 0 Å². The fourth-order valence-corrected chi connectivity index (χ4v) is 4.91. The zero-order chi connectivity index (χ0) is 26.4. The first-order valence-corrected chi connectivity index (χ1v) is 12.5. The van der Waals surface area contributed by atoms with Crippen LogP contribution in [0.25, 0.3) is 0 Å². The Morgan fingerprint density at radius 3 is 1.86 bits per heavy atom. The number of methoxy groups -OCH3 is 2. The lowest BCUT2D eigenvalue weighted by Gasteiger charge is -2.38. The number of nitrogens with zero attached hydrogens (tertiary/aromatic N) is 2. The molecule has 1 aliphatic heterocycles. The molecule has 0 aromatic heterocycles. The van der Waals surface area contributed by atoms with Crippen LogP contribution in [0.4, 0.5) is 0 Å². The molecule has 7 nitrogen and oxygen atoms in total. The molecule has 4 rings (SSSR count). The van der Waals surface area contributed by atoms with E-state index in [1.807, 2.05) is 90.8 Å². The summed E-state index contributed by atoms with van der Waals surface area (Å²) in [5.74, 6) is 1.50. The van der Waals surface area contributed by atoms with Gasteiger partial charge in [-0.05, 0) is 48.0 Å². The Hall–Kier alpha value is -3.39. The van der Waals surface area contributed by atoms with E-state index in [0.717, 1.165) is 28.2 Å². The first kappa shape index (κ1) is 26.7. The molecule has 2 unspecified atom stereocenters. The van der Waals surface area contributed by atoms with Gasteiger partial charge in [0.2, 0.25) is 5.91 Å². The standard InChI is InChI=1S/C30H36N2O5/c1-31-18-19-32(2)29(34)20-27(31)28(33)21-37-30(22-8-6-5-7-9-22,23-10-14-25(35-3)15-11-23)24-12-16-26(36-4)17-13-24/h5-17,27-28,33H,18-21H2,1-4H3. The molecular formula is C30H36N2O5. The average molecular weight is 505 g/mol. The van der Waals surface area contributed by atoms with Crippen LogP contribution in [-0.4, -0.2) is 81.0 Å². The van der Waals surface area contributed by atoms with Crippen LogP contribution in [0.2, 0.25) is 0 Å². The minimum absolute atomic E-state index is 0.0213. The summed E-state index contributed by atoms with van der Waals surface area (Å²) in [5, 5.41) is 11.4. The summed E-state index contributed by atoms with van der Waals surface area (Å²) in [5.41, 5.74) is 1.68. The van der Waals surface area contributed by atoms with Crippen molar-refractivity contribution in [1.29, 1.82) is 0 Å². The number of hydrogen-bond donors (Lipinski definition) is 1. The van der Waals surface area contributed by atoms with Crippen molar-refractivity contribution < 1.29 is 24.1 Å². The van der Waals surface area contributed by atoms with Crippen molar-refractivity contribution in [2.24, 2.45) is 0 Å². The van der Waals surface area contributed by atoms with Crippen molar-refractivity contribution in [2.75, 3.05) is 48.0 Å². The van der Waals surface area contributed by atoms with Crippen molar-refractivity contribution in [3.8, 4) is 11.5 Å². The van der Waals surface area contributed by atoms with Crippen molar-refractivity contribution in [3.63, 3.8) is 0 Å². The Bertz CT molecular complexity index is 1100. The molecule has 1 N–H and O–H groups in total. The van der Waals surface area contributed by atoms with Crippen LogP contribution in [-0.2, 0) is 15.1 Å². The SMILES string of the molecule is COc1ccc(C(OCC(O)C2CC(=O)N(C)CCN2C)(c2ccccc2)c2ccc(OC)cc2)cc1. The van der Waals surface area contributed by atoms with Gasteiger partial charge < -0.3 is 24.2 Å². The summed E-state index contributed by atoms with van der Waals surface area (Å²) >= 11 is 0. The minimum Gasteiger partial charge on any atom is -0.497 e. The molecule has 0 bridgehead atoms. The molecule has 0 radical (unpaired) electrons. The first-order valence-electron chi connectivity index (χ1n) is 12.5. The van der Waals surface area contributed by atoms with Crippen LogP contribution < -0.4 is 9.47 Å². The van der Waals surface area contributed by atoms with Gasteiger partial charge in [0.1, 0.15) is 17.1 Å². The number of hydrogen-bond acceptors (Lipinski definition) is 6. The highest BCUT2D eigenvalue weighted by atomic mass is 16.5. The summed E-state index contributed by atoms with van der Waals surface area (Å²) in [7, 11) is 7.02. The van der Waals surface area contributed by atoms with Crippen LogP contribution >= 0.6 is 0 Å². The number of benzene rings is 3. The topological polar surface area (TPSA) is 71.5 Å². The molecule has 196 valence electrons. The third-order valence-electron chi connectivity index (χ3n) is 7.25. The lowest BCUT2D eigenvalue weighted by atomic mass is 9.80. The summed E-state index contributed by atoms with van der Waals surface area (Å²) < 4.78 is 17.6. The van der Waals surface area contributed by atoms with Gasteiger partial charge in [0, 0.05) is 32.6 Å². The van der Waals surface area contributed by atoms with Gasteiger partial charge in [0.25, 0.3) is 0 Å². The largest absolute Gasteiger partial charge is 0.497 e. The molecule has 3 aromatic carbocycles. The maximum Gasteiger partial charge on any atom is 0.224 e. The number of carbonyl (C=O) groups excluding carboxylic acids is 1. The van der Waals surface area contributed by atoms with Crippen LogP contribution in [0, 0.1) is 0 Å². The number of rotatable bonds is 9. The van der Waals surface area contributed by atoms with Crippen molar-refractivity contribution in [2.45, 2.75) is 24.2 Å². The number of aliphatic hydroxyl groups is 1. The van der Waals surface area contributed by atoms with Gasteiger partial charge in [-0.2, -0.15) is 0 Å². The molecule has 0 spiro atoms. The molecule has 3 aromatic rings. The minimum atomic E-state index is -1.02. The van der Waals surface area contributed by atoms with Gasteiger partial charge in [-0.25, -0.2) is 0 Å². The number of aliphatic hydroxyl groups excluding tert-OH is 1. The molecule has 37 heavy (non-hydrogen) atoms. The summed E-state index contributed by atoms with van der Waals surface area (Å²) in [6.07, 6.45) is -0.638. The van der Waals surface area contributed by atoms with Crippen molar-refractivity contribution in [1.82, 2.24) is 9.80 Å². The normalized spacial score (nSPS) is 17.8. The Labute approximate surface area is 219 Å². The summed E-state index contributed by atoms with van der Waals surface area (Å²) in [6.45, 7) is 1.34. The fourth-order valence-electron chi connectivity index (χ4n) is 4.91. The lowest BCUT2D eigenvalue weighted by molar-refractivity contribution is -0.131. The number of likely N-dealkylation sites (N-methyl/N-ethyl adjacent to an activating group) is 2. The smallest absolute Gasteiger partial charge is 0.224 e. The van der Waals surface area contributed by atoms with Crippen LogP contribution in [0.3, 0.4) is 0 Å². The van der Waals surface area contributed by atoms with Crippen LogP contribution in [0.15, 0.2) is 78.9 Å². The predicted octanol–water partition coefficient (Wildman–Crippen LogP) is 3.54. The van der Waals surface area contributed by atoms with E-state index in [4.69, 9.17) is 14.2 Å². The van der Waals surface area contributed by atoms with E-state index in [1.165, 1.54) is 0 Å². The Balaban J connectivity index is 1.77. The second-order valence-electron chi connectivity index (χ2n) is 9.45. The Kier molecular flexibility index (Phi) is 8.48. The van der Waals surface area contributed by atoms with E-state index >= 15 is 0 Å². The van der Waals surface area contributed by atoms with E-state index in [9.17, 15) is 9.90 Å². The maximum absolute atomic E-state index is 12.6. The third-order valence-corrected chi connectivity index (χ3v) is 7.25. The molecule has 1 aliphatic rings. The van der Waals surface area contributed by atoms with E-state index in [0.29, 0.717) is 13.1 Å². The molecule has 7 heteroatoms. The molecule has 1 fully saturated rings. The Morgan fingerprint density at radius 1 is 0.838 bits per heavy atom. The maximum atomic E-state index is 12.6. The van der Waals surface area contributed by atoms with E-state index in [1.54, 1.807) is 26.2 Å². The molecule has 0 aliphatic carbocycles. The van der Waals surface area contributed by atoms with E-state index in [-0.39, 0.29) is 25.0 Å². The second-order valence-corrected chi connectivity index (χ2v) is 9.45. The average Bonchev–Trinajstić information content (AvgIpc) is 3.07. The number of amides is 1. The Morgan fingerprint density at radius 2 is 1.35 bits per heavy atom. The fraction of sp³-hybridized carbons (Fsp3) is 0.367. The van der Waals surface area contributed by atoms with Gasteiger partial charge in [0.15, 0.2) is 0 Å². The number of carbonyl (C=O) groups is 1. The first-order chi connectivity index (χ1) is 17.9. The van der Waals surface area contributed by atoms with Crippen molar-refractivity contribution >= 4 is 5.91 Å². The monoisotopic (exact) mass is 504 g/mol. The van der Waals surface area contributed by atoms with E-state index in [2.05, 4.69) is 0 Å². The highest BCUT2D eigenvalue weighted by molar-refractivity contribution is 5.76. The van der Waals surface area contributed by atoms with Crippen LogP contribution in [0.5, 0.6) is 11.5 Å². The molecule has 0 saturated carbocycles. The van der Waals surface area contributed by atoms with Crippen LogP contribution in [0.1, 0.15) is 23.1 Å². The predicted molar refractivity (Wildman–Crippen MR) is 143 cm³/mol. The zero-order valence-corrected chi connectivity index (χ0v) is 22.0. The summed E-state index contributed by atoms with van der Waals surface area (Å²) in [4.78, 5) is 16.3. The highest BCUT2D eigenvalue weighted by Crippen LogP contribution is 2.42. The van der Waals surface area contributed by atoms with Gasteiger partial charge in [-0.3, -0.25) is 9.69 Å². The van der Waals surface area contributed by atoms with E-state index < -0.39 is 11.7 Å². The van der Waals surface area contributed by atoms with Crippen molar-refractivity contribution in [3.05, 3.63) is 95.6 Å². The quantitative estimate of drug-likeness (QED) is 0.450.